The van der Waals surface area contributed by atoms with Crippen LogP contribution in [0.2, 0.25) is 0 Å². The summed E-state index contributed by atoms with van der Waals surface area (Å²) < 4.78 is 0. The summed E-state index contributed by atoms with van der Waals surface area (Å²) in [4.78, 5) is 23.2. The SMILES string of the molecule is CC(C)N1CC(C=O)CC1=O. The van der Waals surface area contributed by atoms with Crippen molar-refractivity contribution in [2.24, 2.45) is 5.92 Å². The van der Waals surface area contributed by atoms with Crippen molar-refractivity contribution in [3.05, 3.63) is 0 Å². The van der Waals surface area contributed by atoms with Crippen LogP contribution in [0.1, 0.15) is 20.3 Å². The van der Waals surface area contributed by atoms with Gasteiger partial charge in [0.1, 0.15) is 6.29 Å². The highest BCUT2D eigenvalue weighted by atomic mass is 16.2. The summed E-state index contributed by atoms with van der Waals surface area (Å²) in [5, 5.41) is 0. The zero-order valence-electron chi connectivity index (χ0n) is 6.91. The number of carbonyl (C=O) groups excluding carboxylic acids is 2. The molecule has 1 heterocycles. The largest absolute Gasteiger partial charge is 0.340 e. The van der Waals surface area contributed by atoms with Gasteiger partial charge in [0, 0.05) is 24.9 Å². The Bertz CT molecular complexity index is 177. The van der Waals surface area contributed by atoms with Gasteiger partial charge in [-0.15, -0.1) is 0 Å². The Labute approximate surface area is 66.4 Å². The molecule has 1 rings (SSSR count). The van der Waals surface area contributed by atoms with Gasteiger partial charge in [0.2, 0.25) is 5.91 Å². The van der Waals surface area contributed by atoms with Gasteiger partial charge in [0.15, 0.2) is 0 Å². The van der Waals surface area contributed by atoms with E-state index in [2.05, 4.69) is 0 Å². The van der Waals surface area contributed by atoms with E-state index >= 15 is 0 Å². The van der Waals surface area contributed by atoms with Gasteiger partial charge in [0.25, 0.3) is 0 Å². The van der Waals surface area contributed by atoms with Gasteiger partial charge < -0.3 is 9.69 Å². The normalized spacial score (nSPS) is 24.8. The molecule has 0 aromatic carbocycles. The Kier molecular flexibility index (Phi) is 2.27. The van der Waals surface area contributed by atoms with Gasteiger partial charge in [-0.2, -0.15) is 0 Å². The van der Waals surface area contributed by atoms with Crippen LogP contribution in [0, 0.1) is 5.92 Å². The molecule has 0 spiro atoms. The van der Waals surface area contributed by atoms with Crippen LogP contribution in [0.3, 0.4) is 0 Å². The second-order valence-electron chi connectivity index (χ2n) is 3.24. The minimum Gasteiger partial charge on any atom is -0.340 e. The number of carbonyl (C=O) groups is 2. The molecule has 0 N–H and O–H groups in total. The molecule has 1 atom stereocenters. The molecule has 0 aliphatic carbocycles. The summed E-state index contributed by atoms with van der Waals surface area (Å²) in [7, 11) is 0. The number of hydrogen-bond acceptors (Lipinski definition) is 2. The molecule has 0 saturated carbocycles. The second-order valence-corrected chi connectivity index (χ2v) is 3.24. The predicted octanol–water partition coefficient (Wildman–Crippen LogP) is 0.442. The first-order valence-electron chi connectivity index (χ1n) is 3.90. The van der Waals surface area contributed by atoms with Gasteiger partial charge in [-0.3, -0.25) is 4.79 Å². The number of rotatable bonds is 2. The first-order valence-corrected chi connectivity index (χ1v) is 3.90. The minimum atomic E-state index is -0.0649. The third-order valence-electron chi connectivity index (χ3n) is 2.00. The summed E-state index contributed by atoms with van der Waals surface area (Å²) in [6, 6.07) is 0.229. The van der Waals surface area contributed by atoms with E-state index in [1.54, 1.807) is 4.90 Å². The monoisotopic (exact) mass is 155 g/mol. The lowest BCUT2D eigenvalue weighted by atomic mass is 10.1. The van der Waals surface area contributed by atoms with E-state index in [4.69, 9.17) is 0 Å². The zero-order valence-corrected chi connectivity index (χ0v) is 6.91. The summed E-state index contributed by atoms with van der Waals surface area (Å²) in [5.74, 6) is 0.0435. The topological polar surface area (TPSA) is 37.4 Å². The van der Waals surface area contributed by atoms with Crippen LogP contribution < -0.4 is 0 Å². The first-order chi connectivity index (χ1) is 5.15. The van der Waals surface area contributed by atoms with E-state index in [-0.39, 0.29) is 17.9 Å². The fraction of sp³-hybridized carbons (Fsp3) is 0.750. The highest BCUT2D eigenvalue weighted by Crippen LogP contribution is 2.17. The van der Waals surface area contributed by atoms with Gasteiger partial charge in [-0.1, -0.05) is 0 Å². The molecule has 11 heavy (non-hydrogen) atoms. The Balaban J connectivity index is 2.58. The van der Waals surface area contributed by atoms with Crippen LogP contribution in [-0.4, -0.2) is 29.7 Å². The molecule has 1 amide bonds. The fourth-order valence-corrected chi connectivity index (χ4v) is 1.35. The molecule has 1 unspecified atom stereocenters. The lowest BCUT2D eigenvalue weighted by molar-refractivity contribution is -0.129. The van der Waals surface area contributed by atoms with Crippen LogP contribution in [0.15, 0.2) is 0 Å². The molecule has 0 aromatic rings. The third-order valence-corrected chi connectivity index (χ3v) is 2.00. The van der Waals surface area contributed by atoms with Crippen molar-refractivity contribution in [1.29, 1.82) is 0 Å². The lowest BCUT2D eigenvalue weighted by Crippen LogP contribution is -2.32. The molecule has 1 fully saturated rings. The first kappa shape index (κ1) is 8.24. The van der Waals surface area contributed by atoms with Crippen LogP contribution >= 0.6 is 0 Å². The Hall–Kier alpha value is -0.860. The highest BCUT2D eigenvalue weighted by molar-refractivity contribution is 5.82. The van der Waals surface area contributed by atoms with Crippen molar-refractivity contribution in [2.75, 3.05) is 6.54 Å². The van der Waals surface area contributed by atoms with Gasteiger partial charge in [0.05, 0.1) is 0 Å². The number of amides is 1. The zero-order chi connectivity index (χ0) is 8.43. The van der Waals surface area contributed by atoms with Crippen molar-refractivity contribution in [3.63, 3.8) is 0 Å². The molecule has 1 saturated heterocycles. The fourth-order valence-electron chi connectivity index (χ4n) is 1.35. The van der Waals surface area contributed by atoms with E-state index in [1.165, 1.54) is 0 Å². The minimum absolute atomic E-state index is 0.0649. The van der Waals surface area contributed by atoms with Crippen molar-refractivity contribution >= 4 is 12.2 Å². The lowest BCUT2D eigenvalue weighted by Gasteiger charge is -2.19. The van der Waals surface area contributed by atoms with E-state index in [0.29, 0.717) is 13.0 Å². The van der Waals surface area contributed by atoms with Crippen LogP contribution in [0.4, 0.5) is 0 Å². The van der Waals surface area contributed by atoms with Gasteiger partial charge in [-0.25, -0.2) is 0 Å². The number of hydrogen-bond donors (Lipinski definition) is 0. The molecule has 0 aromatic heterocycles. The van der Waals surface area contributed by atoms with Crippen molar-refractivity contribution in [2.45, 2.75) is 26.3 Å². The standard InChI is InChI=1S/C8H13NO2/c1-6(2)9-4-7(5-10)3-8(9)11/h5-7H,3-4H2,1-2H3. The van der Waals surface area contributed by atoms with Crippen LogP contribution in [0.5, 0.6) is 0 Å². The number of nitrogens with zero attached hydrogens (tertiary/aromatic N) is 1. The quantitative estimate of drug-likeness (QED) is 0.543. The summed E-state index contributed by atoms with van der Waals surface area (Å²) in [6.45, 7) is 4.54. The summed E-state index contributed by atoms with van der Waals surface area (Å²) >= 11 is 0. The molecule has 62 valence electrons. The number of likely N-dealkylation sites (tertiary alicyclic amines) is 1. The third kappa shape index (κ3) is 1.59. The van der Waals surface area contributed by atoms with E-state index in [9.17, 15) is 9.59 Å². The smallest absolute Gasteiger partial charge is 0.223 e. The van der Waals surface area contributed by atoms with E-state index in [0.717, 1.165) is 6.29 Å². The molecule has 0 radical (unpaired) electrons. The Morgan fingerprint density at radius 1 is 1.64 bits per heavy atom. The highest BCUT2D eigenvalue weighted by Gasteiger charge is 2.30. The summed E-state index contributed by atoms with van der Waals surface area (Å²) in [5.41, 5.74) is 0. The van der Waals surface area contributed by atoms with Crippen molar-refractivity contribution in [3.8, 4) is 0 Å². The van der Waals surface area contributed by atoms with Gasteiger partial charge in [-0.05, 0) is 13.8 Å². The molecule has 3 heteroatoms. The van der Waals surface area contributed by atoms with Crippen molar-refractivity contribution in [1.82, 2.24) is 4.90 Å². The van der Waals surface area contributed by atoms with Crippen molar-refractivity contribution < 1.29 is 9.59 Å². The van der Waals surface area contributed by atoms with E-state index < -0.39 is 0 Å². The predicted molar refractivity (Wildman–Crippen MR) is 41.0 cm³/mol. The molecule has 0 bridgehead atoms. The number of aldehydes is 1. The maximum Gasteiger partial charge on any atom is 0.223 e. The van der Waals surface area contributed by atoms with Gasteiger partial charge >= 0.3 is 0 Å². The summed E-state index contributed by atoms with van der Waals surface area (Å²) in [6.07, 6.45) is 1.28. The molecular formula is C8H13NO2. The van der Waals surface area contributed by atoms with E-state index in [1.807, 2.05) is 13.8 Å². The second kappa shape index (κ2) is 3.03. The Morgan fingerprint density at radius 2 is 2.27 bits per heavy atom. The molecular weight excluding hydrogens is 142 g/mol. The average molecular weight is 155 g/mol. The van der Waals surface area contributed by atoms with Crippen LogP contribution in [0.25, 0.3) is 0 Å². The maximum atomic E-state index is 11.2. The maximum absolute atomic E-state index is 11.2. The Morgan fingerprint density at radius 3 is 2.55 bits per heavy atom. The average Bonchev–Trinajstić information content (AvgIpc) is 2.30. The molecule has 1 aliphatic heterocycles. The molecule has 3 nitrogen and oxygen atoms in total. The molecule has 1 aliphatic rings. The van der Waals surface area contributed by atoms with Crippen LogP contribution in [-0.2, 0) is 9.59 Å².